The highest BCUT2D eigenvalue weighted by Crippen LogP contribution is 2.66. The summed E-state index contributed by atoms with van der Waals surface area (Å²) < 4.78 is 0. The minimum atomic E-state index is -0.567. The largest absolute Gasteiger partial charge is 0.310 e. The van der Waals surface area contributed by atoms with Crippen LogP contribution >= 0.6 is 0 Å². The standard InChI is InChI=1S/C62H43N/c1-61(2)54-28-14-11-24-48(54)51-33-32-46(39-57(51)61)63(47-35-44(40-18-5-3-6-19-40)34-45(36-47)41-20-7-4-8-21-41)59-31-17-27-52-49-25-12-15-29-55(49)62(60(52)59)56-30-16-13-26-50(56)53-37-42-22-9-10-23-43(42)38-58(53)62/h3-39H,1-2H3. The van der Waals surface area contributed by atoms with Crippen molar-refractivity contribution >= 4 is 27.8 Å². The first-order valence-corrected chi connectivity index (χ1v) is 22.2. The molecule has 0 radical (unpaired) electrons. The highest BCUT2D eigenvalue weighted by atomic mass is 15.1. The molecule has 1 heteroatoms. The maximum absolute atomic E-state index is 2.59. The number of rotatable bonds is 5. The molecule has 3 aliphatic carbocycles. The first kappa shape index (κ1) is 36.0. The van der Waals surface area contributed by atoms with Gasteiger partial charge in [0.05, 0.1) is 11.1 Å². The number of nitrogens with zero attached hydrogens (tertiary/aromatic N) is 1. The van der Waals surface area contributed by atoms with Crippen LogP contribution in [-0.2, 0) is 10.8 Å². The molecule has 0 amide bonds. The van der Waals surface area contributed by atoms with Gasteiger partial charge in [0, 0.05) is 22.4 Å². The van der Waals surface area contributed by atoms with E-state index in [9.17, 15) is 0 Å². The third kappa shape index (κ3) is 5.05. The van der Waals surface area contributed by atoms with Crippen LogP contribution in [0, 0.1) is 0 Å². The van der Waals surface area contributed by atoms with Gasteiger partial charge in [-0.05, 0) is 143 Å². The number of benzene rings is 10. The topological polar surface area (TPSA) is 3.24 Å². The monoisotopic (exact) mass is 801 g/mol. The molecule has 13 rings (SSSR count). The Bertz CT molecular complexity index is 3430. The van der Waals surface area contributed by atoms with Gasteiger partial charge in [0.1, 0.15) is 0 Å². The Morgan fingerprint density at radius 1 is 0.302 bits per heavy atom. The highest BCUT2D eigenvalue weighted by molar-refractivity contribution is 6.03. The molecule has 0 N–H and O–H groups in total. The Hall–Kier alpha value is -7.74. The molecule has 0 saturated carbocycles. The summed E-state index contributed by atoms with van der Waals surface area (Å²) in [6.45, 7) is 4.77. The Morgan fingerprint density at radius 2 is 0.810 bits per heavy atom. The van der Waals surface area contributed by atoms with Crippen molar-refractivity contribution in [3.8, 4) is 55.6 Å². The number of hydrogen-bond donors (Lipinski definition) is 0. The van der Waals surface area contributed by atoms with E-state index in [-0.39, 0.29) is 5.41 Å². The van der Waals surface area contributed by atoms with Crippen molar-refractivity contribution in [1.29, 1.82) is 0 Å². The zero-order chi connectivity index (χ0) is 41.9. The van der Waals surface area contributed by atoms with E-state index >= 15 is 0 Å². The Labute approximate surface area is 369 Å². The van der Waals surface area contributed by atoms with Crippen molar-refractivity contribution in [3.05, 3.63) is 258 Å². The molecule has 0 aliphatic heterocycles. The van der Waals surface area contributed by atoms with E-state index in [1.165, 1.54) is 105 Å². The molecule has 63 heavy (non-hydrogen) atoms. The SMILES string of the molecule is CC1(C)c2ccccc2-c2ccc(N(c3cc(-c4ccccc4)cc(-c4ccccc4)c3)c3cccc4c3C3(c5ccccc5-c5cc6ccccc6cc53)c3ccccc3-4)cc21. The van der Waals surface area contributed by atoms with Crippen LogP contribution in [-0.4, -0.2) is 0 Å². The molecule has 0 saturated heterocycles. The molecule has 0 bridgehead atoms. The minimum absolute atomic E-state index is 0.171. The first-order chi connectivity index (χ1) is 31.0. The molecule has 1 spiro atoms. The lowest BCUT2D eigenvalue weighted by Gasteiger charge is -2.36. The molecule has 1 unspecified atom stereocenters. The number of anilines is 3. The van der Waals surface area contributed by atoms with E-state index in [1.54, 1.807) is 0 Å². The summed E-state index contributed by atoms with van der Waals surface area (Å²) in [5, 5.41) is 2.52. The molecule has 1 atom stereocenters. The van der Waals surface area contributed by atoms with Crippen molar-refractivity contribution in [2.24, 2.45) is 0 Å². The van der Waals surface area contributed by atoms with E-state index in [4.69, 9.17) is 0 Å². The van der Waals surface area contributed by atoms with E-state index in [0.29, 0.717) is 0 Å². The lowest BCUT2D eigenvalue weighted by molar-refractivity contribution is 0.660. The van der Waals surface area contributed by atoms with Gasteiger partial charge in [0.15, 0.2) is 0 Å². The van der Waals surface area contributed by atoms with E-state index < -0.39 is 5.41 Å². The fraction of sp³-hybridized carbons (Fsp3) is 0.0645. The molecule has 10 aromatic rings. The highest BCUT2D eigenvalue weighted by Gasteiger charge is 2.53. The molecule has 0 aromatic heterocycles. The molecule has 0 fully saturated rings. The lowest BCUT2D eigenvalue weighted by atomic mass is 9.69. The fourth-order valence-corrected chi connectivity index (χ4v) is 11.6. The van der Waals surface area contributed by atoms with Gasteiger partial charge in [0.25, 0.3) is 0 Å². The van der Waals surface area contributed by atoms with Gasteiger partial charge >= 0.3 is 0 Å². The van der Waals surface area contributed by atoms with Gasteiger partial charge in [-0.25, -0.2) is 0 Å². The molecule has 296 valence electrons. The zero-order valence-corrected chi connectivity index (χ0v) is 35.3. The first-order valence-electron chi connectivity index (χ1n) is 22.2. The average Bonchev–Trinajstić information content (AvgIpc) is 3.89. The second-order valence-corrected chi connectivity index (χ2v) is 18.0. The fourth-order valence-electron chi connectivity index (χ4n) is 11.6. The maximum atomic E-state index is 2.59. The normalized spacial score (nSPS) is 15.7. The van der Waals surface area contributed by atoms with Gasteiger partial charge in [-0.2, -0.15) is 0 Å². The van der Waals surface area contributed by atoms with Crippen LogP contribution in [0.15, 0.2) is 224 Å². The molecular formula is C62H43N. The van der Waals surface area contributed by atoms with Gasteiger partial charge < -0.3 is 4.90 Å². The van der Waals surface area contributed by atoms with Crippen molar-refractivity contribution in [2.45, 2.75) is 24.7 Å². The third-order valence-corrected chi connectivity index (χ3v) is 14.4. The molecular weight excluding hydrogens is 759 g/mol. The van der Waals surface area contributed by atoms with Gasteiger partial charge in [0.2, 0.25) is 0 Å². The van der Waals surface area contributed by atoms with Crippen molar-refractivity contribution in [1.82, 2.24) is 0 Å². The van der Waals surface area contributed by atoms with Crippen LogP contribution in [0.1, 0.15) is 47.2 Å². The smallest absolute Gasteiger partial charge is 0.0746 e. The Kier molecular flexibility index (Phi) is 7.64. The van der Waals surface area contributed by atoms with Crippen LogP contribution in [0.3, 0.4) is 0 Å². The molecule has 3 aliphatic rings. The summed E-state index contributed by atoms with van der Waals surface area (Å²) in [5.74, 6) is 0. The van der Waals surface area contributed by atoms with E-state index in [2.05, 4.69) is 243 Å². The van der Waals surface area contributed by atoms with Crippen LogP contribution in [0.2, 0.25) is 0 Å². The lowest BCUT2D eigenvalue weighted by Crippen LogP contribution is -2.28. The van der Waals surface area contributed by atoms with E-state index in [0.717, 1.165) is 11.4 Å². The van der Waals surface area contributed by atoms with Crippen molar-refractivity contribution in [3.63, 3.8) is 0 Å². The summed E-state index contributed by atoms with van der Waals surface area (Å²) in [7, 11) is 0. The third-order valence-electron chi connectivity index (χ3n) is 14.4. The zero-order valence-electron chi connectivity index (χ0n) is 35.3. The molecule has 0 heterocycles. The quantitative estimate of drug-likeness (QED) is 0.168. The predicted molar refractivity (Wildman–Crippen MR) is 263 cm³/mol. The minimum Gasteiger partial charge on any atom is -0.310 e. The van der Waals surface area contributed by atoms with Crippen molar-refractivity contribution in [2.75, 3.05) is 4.90 Å². The summed E-state index contributed by atoms with van der Waals surface area (Å²) >= 11 is 0. The van der Waals surface area contributed by atoms with Crippen LogP contribution in [0.25, 0.3) is 66.4 Å². The summed E-state index contributed by atoms with van der Waals surface area (Å²) in [6, 6.07) is 84.3. The van der Waals surface area contributed by atoms with E-state index in [1.807, 2.05) is 0 Å². The van der Waals surface area contributed by atoms with Crippen LogP contribution in [0.4, 0.5) is 17.1 Å². The van der Waals surface area contributed by atoms with Gasteiger partial charge in [-0.1, -0.05) is 190 Å². The predicted octanol–water partition coefficient (Wildman–Crippen LogP) is 16.3. The Morgan fingerprint density at radius 3 is 1.46 bits per heavy atom. The average molecular weight is 802 g/mol. The molecule has 10 aromatic carbocycles. The number of fused-ring (bicyclic) bond motifs is 14. The van der Waals surface area contributed by atoms with Crippen molar-refractivity contribution < 1.29 is 0 Å². The summed E-state index contributed by atoms with van der Waals surface area (Å²) in [4.78, 5) is 2.59. The molecule has 1 nitrogen and oxygen atoms in total. The summed E-state index contributed by atoms with van der Waals surface area (Å²) in [5.41, 5.74) is 23.3. The Balaban J connectivity index is 1.16. The van der Waals surface area contributed by atoms with Gasteiger partial charge in [-0.15, -0.1) is 0 Å². The summed E-state index contributed by atoms with van der Waals surface area (Å²) in [6.07, 6.45) is 0. The second-order valence-electron chi connectivity index (χ2n) is 18.0. The second kappa shape index (κ2) is 13.4. The maximum Gasteiger partial charge on any atom is 0.0746 e. The number of hydrogen-bond acceptors (Lipinski definition) is 1. The van der Waals surface area contributed by atoms with Gasteiger partial charge in [-0.3, -0.25) is 0 Å². The van der Waals surface area contributed by atoms with Crippen LogP contribution in [0.5, 0.6) is 0 Å². The van der Waals surface area contributed by atoms with Crippen LogP contribution < -0.4 is 4.90 Å².